The molecule has 0 aliphatic rings. The summed E-state index contributed by atoms with van der Waals surface area (Å²) in [6.07, 6.45) is 1.77. The number of sulfonamides is 1. The number of unbranched alkanes of at least 4 members (excludes halogenated alkanes) is 1. The molecule has 0 aromatic heterocycles. The van der Waals surface area contributed by atoms with Crippen molar-refractivity contribution in [2.45, 2.75) is 31.3 Å². The zero-order chi connectivity index (χ0) is 25.3. The predicted octanol–water partition coefficient (Wildman–Crippen LogP) is 5.23. The van der Waals surface area contributed by atoms with E-state index in [4.69, 9.17) is 14.3 Å². The highest BCUT2D eigenvalue weighted by atomic mass is 32.2. The van der Waals surface area contributed by atoms with Crippen LogP contribution in [-0.2, 0) is 26.2 Å². The predicted molar refractivity (Wildman–Crippen MR) is 134 cm³/mol. The Morgan fingerprint density at radius 1 is 1.00 bits per heavy atom. The van der Waals surface area contributed by atoms with Crippen LogP contribution in [0.25, 0.3) is 0 Å². The van der Waals surface area contributed by atoms with Crippen molar-refractivity contribution < 1.29 is 27.5 Å². The van der Waals surface area contributed by atoms with Crippen LogP contribution in [0.1, 0.15) is 35.7 Å². The number of ether oxygens (including phenoxy) is 2. The van der Waals surface area contributed by atoms with Gasteiger partial charge < -0.3 is 14.8 Å². The SMILES string of the molecule is CCCCNc1cc(C(=O)OCc2ccccc2)cc(S(=O)(=O)N(C)OC)c1Oc1ccccc1. The Kier molecular flexibility index (Phi) is 9.25. The second kappa shape index (κ2) is 12.3. The maximum absolute atomic E-state index is 13.4. The van der Waals surface area contributed by atoms with Crippen LogP contribution in [-0.4, -0.2) is 39.6 Å². The van der Waals surface area contributed by atoms with E-state index in [-0.39, 0.29) is 22.8 Å². The number of esters is 1. The van der Waals surface area contributed by atoms with Gasteiger partial charge in [0.1, 0.15) is 17.3 Å². The third-order valence-corrected chi connectivity index (χ3v) is 6.87. The fourth-order valence-electron chi connectivity index (χ4n) is 3.20. The molecule has 1 N–H and O–H groups in total. The molecule has 186 valence electrons. The molecule has 0 aliphatic carbocycles. The molecular formula is C26H30N2O6S. The minimum absolute atomic E-state index is 0.0561. The number of nitrogens with one attached hydrogen (secondary N) is 1. The first-order valence-corrected chi connectivity index (χ1v) is 12.7. The number of anilines is 1. The van der Waals surface area contributed by atoms with Crippen molar-refractivity contribution >= 4 is 21.7 Å². The van der Waals surface area contributed by atoms with E-state index in [2.05, 4.69) is 5.32 Å². The first-order valence-electron chi connectivity index (χ1n) is 11.3. The summed E-state index contributed by atoms with van der Waals surface area (Å²) in [6.45, 7) is 2.66. The first kappa shape index (κ1) is 26.2. The molecular weight excluding hydrogens is 468 g/mol. The second-order valence-corrected chi connectivity index (χ2v) is 9.61. The molecule has 0 fully saturated rings. The zero-order valence-electron chi connectivity index (χ0n) is 20.1. The smallest absolute Gasteiger partial charge is 0.338 e. The number of hydrogen-bond acceptors (Lipinski definition) is 7. The van der Waals surface area contributed by atoms with Crippen molar-refractivity contribution in [2.24, 2.45) is 0 Å². The zero-order valence-corrected chi connectivity index (χ0v) is 20.9. The van der Waals surface area contributed by atoms with E-state index in [0.717, 1.165) is 22.9 Å². The number of hydrogen-bond donors (Lipinski definition) is 1. The topological polar surface area (TPSA) is 94.2 Å². The Morgan fingerprint density at radius 2 is 1.66 bits per heavy atom. The lowest BCUT2D eigenvalue weighted by molar-refractivity contribution is -0.0259. The minimum atomic E-state index is -4.18. The summed E-state index contributed by atoms with van der Waals surface area (Å²) >= 11 is 0. The maximum atomic E-state index is 13.4. The van der Waals surface area contributed by atoms with Crippen LogP contribution < -0.4 is 10.1 Å². The Labute approximate surface area is 206 Å². The quantitative estimate of drug-likeness (QED) is 0.208. The van der Waals surface area contributed by atoms with E-state index < -0.39 is 16.0 Å². The van der Waals surface area contributed by atoms with Crippen molar-refractivity contribution in [1.82, 2.24) is 4.47 Å². The van der Waals surface area contributed by atoms with E-state index >= 15 is 0 Å². The number of hydroxylamine groups is 1. The molecule has 0 spiro atoms. The third-order valence-electron chi connectivity index (χ3n) is 5.19. The average molecular weight is 499 g/mol. The lowest BCUT2D eigenvalue weighted by Gasteiger charge is -2.21. The van der Waals surface area contributed by atoms with Crippen LogP contribution >= 0.6 is 0 Å². The lowest BCUT2D eigenvalue weighted by Crippen LogP contribution is -2.26. The van der Waals surface area contributed by atoms with Gasteiger partial charge in [-0.3, -0.25) is 4.84 Å². The summed E-state index contributed by atoms with van der Waals surface area (Å²) in [6, 6.07) is 20.9. The molecule has 0 amide bonds. The molecule has 0 atom stereocenters. The Morgan fingerprint density at radius 3 is 2.29 bits per heavy atom. The van der Waals surface area contributed by atoms with Crippen molar-refractivity contribution in [1.29, 1.82) is 0 Å². The highest BCUT2D eigenvalue weighted by molar-refractivity contribution is 7.89. The van der Waals surface area contributed by atoms with Gasteiger partial charge in [-0.15, -0.1) is 0 Å². The Bertz CT molecular complexity index is 1220. The van der Waals surface area contributed by atoms with Gasteiger partial charge in [-0.1, -0.05) is 66.3 Å². The average Bonchev–Trinajstić information content (AvgIpc) is 2.88. The molecule has 0 heterocycles. The molecule has 0 unspecified atom stereocenters. The molecule has 0 bridgehead atoms. The minimum Gasteiger partial charge on any atom is -0.457 e. The van der Waals surface area contributed by atoms with Gasteiger partial charge >= 0.3 is 5.97 Å². The third kappa shape index (κ3) is 6.82. The number of para-hydroxylation sites is 1. The molecule has 3 rings (SSSR count). The Balaban J connectivity index is 2.08. The van der Waals surface area contributed by atoms with Gasteiger partial charge in [0.15, 0.2) is 5.75 Å². The van der Waals surface area contributed by atoms with E-state index in [0.29, 0.717) is 18.0 Å². The van der Waals surface area contributed by atoms with E-state index in [1.54, 1.807) is 30.3 Å². The molecule has 0 aliphatic heterocycles. The summed E-state index contributed by atoms with van der Waals surface area (Å²) in [4.78, 5) is 17.7. The molecule has 8 nitrogen and oxygen atoms in total. The number of nitrogens with zero attached hydrogens (tertiary/aromatic N) is 1. The monoisotopic (exact) mass is 498 g/mol. The van der Waals surface area contributed by atoms with E-state index in [9.17, 15) is 13.2 Å². The lowest BCUT2D eigenvalue weighted by atomic mass is 10.1. The van der Waals surface area contributed by atoms with Gasteiger partial charge in [-0.2, -0.15) is 0 Å². The number of benzene rings is 3. The van der Waals surface area contributed by atoms with Crippen molar-refractivity contribution in [3.05, 3.63) is 83.9 Å². The summed E-state index contributed by atoms with van der Waals surface area (Å²) in [5, 5.41) is 3.22. The van der Waals surface area contributed by atoms with Crippen LogP contribution in [0.5, 0.6) is 11.5 Å². The molecule has 35 heavy (non-hydrogen) atoms. The van der Waals surface area contributed by atoms with Gasteiger partial charge in [0.25, 0.3) is 10.0 Å². The molecule has 0 saturated heterocycles. The Hall–Kier alpha value is -3.40. The van der Waals surface area contributed by atoms with Crippen LogP contribution in [0.3, 0.4) is 0 Å². The maximum Gasteiger partial charge on any atom is 0.338 e. The molecule has 3 aromatic rings. The van der Waals surface area contributed by atoms with Crippen molar-refractivity contribution in [3.63, 3.8) is 0 Å². The molecule has 3 aromatic carbocycles. The normalized spacial score (nSPS) is 11.3. The van der Waals surface area contributed by atoms with Crippen molar-refractivity contribution in [2.75, 3.05) is 26.0 Å². The van der Waals surface area contributed by atoms with Crippen LogP contribution in [0.4, 0.5) is 5.69 Å². The summed E-state index contributed by atoms with van der Waals surface area (Å²) < 4.78 is 38.9. The van der Waals surface area contributed by atoms with Crippen molar-refractivity contribution in [3.8, 4) is 11.5 Å². The number of carbonyl (C=O) groups is 1. The van der Waals surface area contributed by atoms with E-state index in [1.807, 2.05) is 43.3 Å². The van der Waals surface area contributed by atoms with Crippen LogP contribution in [0.15, 0.2) is 77.7 Å². The second-order valence-electron chi connectivity index (χ2n) is 7.71. The van der Waals surface area contributed by atoms with Crippen LogP contribution in [0.2, 0.25) is 0 Å². The van der Waals surface area contributed by atoms with Gasteiger partial charge in [-0.05, 0) is 36.2 Å². The van der Waals surface area contributed by atoms with Crippen LogP contribution in [0, 0.1) is 0 Å². The van der Waals surface area contributed by atoms with Gasteiger partial charge in [0.2, 0.25) is 0 Å². The largest absolute Gasteiger partial charge is 0.457 e. The molecule has 0 radical (unpaired) electrons. The van der Waals surface area contributed by atoms with Gasteiger partial charge in [-0.25, -0.2) is 13.2 Å². The highest BCUT2D eigenvalue weighted by Crippen LogP contribution is 2.39. The van der Waals surface area contributed by atoms with Gasteiger partial charge in [0.05, 0.1) is 18.4 Å². The summed E-state index contributed by atoms with van der Waals surface area (Å²) in [7, 11) is -1.66. The summed E-state index contributed by atoms with van der Waals surface area (Å²) in [5.74, 6) is -0.145. The molecule has 9 heteroatoms. The number of rotatable bonds is 12. The fraction of sp³-hybridized carbons (Fsp3) is 0.269. The van der Waals surface area contributed by atoms with Gasteiger partial charge in [0, 0.05) is 13.6 Å². The molecule has 0 saturated carbocycles. The summed E-state index contributed by atoms with van der Waals surface area (Å²) in [5.41, 5.74) is 1.25. The standard InChI is InChI=1S/C26H30N2O6S/c1-4-5-16-27-23-17-21(26(29)33-19-20-12-8-6-9-13-20)18-24(35(30,31)28(2)32-3)25(23)34-22-14-10-7-11-15-22/h6-15,17-18,27H,4-5,16,19H2,1-3H3. The fourth-order valence-corrected chi connectivity index (χ4v) is 4.33. The number of carbonyl (C=O) groups excluding carboxylic acids is 1. The first-order chi connectivity index (χ1) is 16.9. The van der Waals surface area contributed by atoms with E-state index in [1.165, 1.54) is 20.2 Å². The highest BCUT2D eigenvalue weighted by Gasteiger charge is 2.30.